The van der Waals surface area contributed by atoms with E-state index < -0.39 is 11.9 Å². The third kappa shape index (κ3) is 6.91. The normalized spacial score (nSPS) is 16.1. The molecule has 3 aromatic rings. The van der Waals surface area contributed by atoms with E-state index >= 15 is 0 Å². The number of carbonyl (C=O) groups is 2. The molecule has 1 N–H and O–H groups in total. The number of hydrogen-bond donors (Lipinski definition) is 1. The molecule has 0 spiro atoms. The van der Waals surface area contributed by atoms with Crippen molar-refractivity contribution in [1.82, 2.24) is 25.2 Å². The first-order valence-electron chi connectivity index (χ1n) is 11.6. The first-order chi connectivity index (χ1) is 16.7. The van der Waals surface area contributed by atoms with E-state index in [1.165, 1.54) is 17.0 Å². The molecule has 1 saturated heterocycles. The topological polar surface area (TPSA) is 93.3 Å². The number of aromatic nitrogens is 3. The van der Waals surface area contributed by atoms with E-state index in [2.05, 4.69) is 20.1 Å². The monoisotopic (exact) mass is 503 g/mol. The van der Waals surface area contributed by atoms with Crippen LogP contribution in [0, 0.1) is 11.7 Å². The molecule has 1 aromatic carbocycles. The summed E-state index contributed by atoms with van der Waals surface area (Å²) in [7, 11) is 1.70. The van der Waals surface area contributed by atoms with Crippen LogP contribution in [0.4, 0.5) is 4.39 Å². The maximum Gasteiger partial charge on any atom is 0.243 e. The second kappa shape index (κ2) is 12.0. The molecule has 8 nitrogen and oxygen atoms in total. The molecule has 10 heteroatoms. The summed E-state index contributed by atoms with van der Waals surface area (Å²) in [6, 6.07) is 7.33. The van der Waals surface area contributed by atoms with Crippen LogP contribution in [0.25, 0.3) is 11.3 Å². The zero-order valence-electron chi connectivity index (χ0n) is 20.4. The van der Waals surface area contributed by atoms with Gasteiger partial charge < -0.3 is 14.7 Å². The van der Waals surface area contributed by atoms with Gasteiger partial charge in [0, 0.05) is 31.6 Å². The summed E-state index contributed by atoms with van der Waals surface area (Å²) in [5.41, 5.74) is 1.61. The molecule has 2 unspecified atom stereocenters. The fraction of sp³-hybridized carbons (Fsp3) is 0.440. The molecule has 188 valence electrons. The Kier molecular flexibility index (Phi) is 9.03. The minimum Gasteiger partial charge on any atom is -0.365 e. The molecule has 2 atom stereocenters. The summed E-state index contributed by atoms with van der Waals surface area (Å²) >= 11 is 5.90. The van der Waals surface area contributed by atoms with Crippen LogP contribution >= 0.6 is 11.6 Å². The predicted molar refractivity (Wildman–Crippen MR) is 131 cm³/mol. The Labute approximate surface area is 209 Å². The minimum atomic E-state index is -0.459. The van der Waals surface area contributed by atoms with Crippen molar-refractivity contribution in [2.45, 2.75) is 52.1 Å². The number of nitrogens with one attached hydrogen (secondary N) is 1. The van der Waals surface area contributed by atoms with Crippen molar-refractivity contribution in [2.24, 2.45) is 13.0 Å². The number of nitrogens with zero attached hydrogens (tertiary/aromatic N) is 4. The van der Waals surface area contributed by atoms with Gasteiger partial charge in [-0.25, -0.2) is 4.39 Å². The van der Waals surface area contributed by atoms with Crippen molar-refractivity contribution in [3.8, 4) is 11.3 Å². The second-order valence-electron chi connectivity index (χ2n) is 8.98. The van der Waals surface area contributed by atoms with E-state index in [1.54, 1.807) is 42.4 Å². The van der Waals surface area contributed by atoms with Crippen LogP contribution in [-0.4, -0.2) is 44.2 Å². The van der Waals surface area contributed by atoms with Gasteiger partial charge in [-0.2, -0.15) is 5.10 Å². The smallest absolute Gasteiger partial charge is 0.243 e. The number of benzene rings is 1. The number of hydrogen-bond acceptors (Lipinski definition) is 5. The standard InChI is InChI=1S/C22H28ClFN4O2.C3H3NO/c1-13(2)10-21(29)28-9-5-6-18(28)22(30)25-14(3)15-7-8-16(17(24)11-15)19-12-20(23)26-27(19)4;1-2-4-5-3-1/h7-8,11-14,18H,5-6,9-10H2,1-4H3,(H,25,30);1-3H. The molecular formula is C25H31ClFN5O3. The lowest BCUT2D eigenvalue weighted by atomic mass is 10.0. The van der Waals surface area contributed by atoms with Gasteiger partial charge in [-0.3, -0.25) is 14.3 Å². The molecule has 1 aliphatic heterocycles. The summed E-state index contributed by atoms with van der Waals surface area (Å²) in [6.07, 6.45) is 4.99. The summed E-state index contributed by atoms with van der Waals surface area (Å²) in [5, 5.41) is 10.6. The van der Waals surface area contributed by atoms with E-state index in [-0.39, 0.29) is 23.8 Å². The number of halogens is 2. The van der Waals surface area contributed by atoms with Crippen molar-refractivity contribution in [3.05, 3.63) is 59.3 Å². The molecule has 0 bridgehead atoms. The molecule has 0 radical (unpaired) electrons. The molecule has 0 aliphatic carbocycles. The van der Waals surface area contributed by atoms with Crippen LogP contribution in [0.2, 0.25) is 5.15 Å². The quantitative estimate of drug-likeness (QED) is 0.523. The first kappa shape index (κ1) is 26.4. The number of rotatable bonds is 6. The SMILES string of the molecule is CC(C)CC(=O)N1CCCC1C(=O)NC(C)c1ccc(-c2cc(Cl)nn2C)c(F)c1.c1cnoc1. The highest BCUT2D eigenvalue weighted by molar-refractivity contribution is 6.29. The molecule has 3 heterocycles. The number of amides is 2. The van der Waals surface area contributed by atoms with Gasteiger partial charge >= 0.3 is 0 Å². The van der Waals surface area contributed by atoms with Gasteiger partial charge in [0.15, 0.2) is 5.15 Å². The fourth-order valence-electron chi connectivity index (χ4n) is 4.07. The average Bonchev–Trinajstić information content (AvgIpc) is 3.56. The van der Waals surface area contributed by atoms with Crippen LogP contribution in [0.1, 0.15) is 51.6 Å². The second-order valence-corrected chi connectivity index (χ2v) is 9.36. The van der Waals surface area contributed by atoms with Gasteiger partial charge in [0.2, 0.25) is 11.8 Å². The lowest BCUT2D eigenvalue weighted by molar-refractivity contribution is -0.139. The van der Waals surface area contributed by atoms with Crippen LogP contribution < -0.4 is 5.32 Å². The van der Waals surface area contributed by atoms with E-state index in [1.807, 2.05) is 20.8 Å². The van der Waals surface area contributed by atoms with Crippen LogP contribution in [0.5, 0.6) is 0 Å². The Hall–Kier alpha value is -3.20. The third-order valence-corrected chi connectivity index (χ3v) is 5.97. The number of carbonyl (C=O) groups excluding carboxylic acids is 2. The Morgan fingerprint density at radius 2 is 2.06 bits per heavy atom. The summed E-state index contributed by atoms with van der Waals surface area (Å²) < 4.78 is 20.6. The minimum absolute atomic E-state index is 0.0144. The molecule has 2 amide bonds. The van der Waals surface area contributed by atoms with Gasteiger partial charge in [-0.05, 0) is 49.4 Å². The van der Waals surface area contributed by atoms with E-state index in [9.17, 15) is 14.0 Å². The van der Waals surface area contributed by atoms with Gasteiger partial charge in [-0.1, -0.05) is 36.7 Å². The summed E-state index contributed by atoms with van der Waals surface area (Å²) in [4.78, 5) is 27.0. The van der Waals surface area contributed by atoms with Crippen molar-refractivity contribution in [1.29, 1.82) is 0 Å². The van der Waals surface area contributed by atoms with Crippen molar-refractivity contribution in [2.75, 3.05) is 6.54 Å². The molecule has 2 aromatic heterocycles. The highest BCUT2D eigenvalue weighted by Crippen LogP contribution is 2.28. The Morgan fingerprint density at radius 1 is 1.29 bits per heavy atom. The van der Waals surface area contributed by atoms with Gasteiger partial charge in [-0.15, -0.1) is 0 Å². The molecule has 0 saturated carbocycles. The predicted octanol–water partition coefficient (Wildman–Crippen LogP) is 4.77. The van der Waals surface area contributed by atoms with E-state index in [4.69, 9.17) is 11.6 Å². The van der Waals surface area contributed by atoms with Crippen molar-refractivity contribution in [3.63, 3.8) is 0 Å². The van der Waals surface area contributed by atoms with Crippen LogP contribution in [-0.2, 0) is 16.6 Å². The lowest BCUT2D eigenvalue weighted by Crippen LogP contribution is -2.46. The maximum absolute atomic E-state index is 14.8. The van der Waals surface area contributed by atoms with E-state index in [0.29, 0.717) is 41.4 Å². The number of likely N-dealkylation sites (tertiary alicyclic amines) is 1. The first-order valence-corrected chi connectivity index (χ1v) is 12.0. The maximum atomic E-state index is 14.8. The van der Waals surface area contributed by atoms with Crippen LogP contribution in [0.15, 0.2) is 47.3 Å². The Bertz CT molecular complexity index is 1120. The van der Waals surface area contributed by atoms with Gasteiger partial charge in [0.05, 0.1) is 17.9 Å². The highest BCUT2D eigenvalue weighted by atomic mass is 35.5. The average molecular weight is 504 g/mol. The summed E-state index contributed by atoms with van der Waals surface area (Å²) in [5.74, 6) is -0.347. The van der Waals surface area contributed by atoms with Gasteiger partial charge in [0.1, 0.15) is 18.1 Å². The third-order valence-electron chi connectivity index (χ3n) is 5.78. The van der Waals surface area contributed by atoms with Gasteiger partial charge in [0.25, 0.3) is 0 Å². The zero-order chi connectivity index (χ0) is 25.5. The Balaban J connectivity index is 0.000000607. The lowest BCUT2D eigenvalue weighted by Gasteiger charge is -2.26. The highest BCUT2D eigenvalue weighted by Gasteiger charge is 2.34. The molecule has 35 heavy (non-hydrogen) atoms. The number of aryl methyl sites for hydroxylation is 1. The molecule has 1 aliphatic rings. The summed E-state index contributed by atoms with van der Waals surface area (Å²) in [6.45, 7) is 6.39. The molecular weight excluding hydrogens is 473 g/mol. The largest absolute Gasteiger partial charge is 0.365 e. The molecule has 1 fully saturated rings. The van der Waals surface area contributed by atoms with Crippen molar-refractivity contribution >= 4 is 23.4 Å². The Morgan fingerprint density at radius 3 is 2.60 bits per heavy atom. The fourth-order valence-corrected chi connectivity index (χ4v) is 4.28. The molecule has 4 rings (SSSR count). The van der Waals surface area contributed by atoms with E-state index in [0.717, 1.165) is 6.42 Å². The zero-order valence-corrected chi connectivity index (χ0v) is 21.1. The van der Waals surface area contributed by atoms with Crippen LogP contribution in [0.3, 0.4) is 0 Å². The van der Waals surface area contributed by atoms with Crippen molar-refractivity contribution < 1.29 is 18.5 Å².